The van der Waals surface area contributed by atoms with Crippen LogP contribution >= 0.6 is 69.6 Å². The summed E-state index contributed by atoms with van der Waals surface area (Å²) in [5.74, 6) is -3.03. The molecule has 0 aliphatic carbocycles. The normalized spacial score (nSPS) is 22.8. The van der Waals surface area contributed by atoms with E-state index in [9.17, 15) is 38.0 Å². The number of unbranched alkanes of at least 4 members (excludes halogenated alkanes) is 5. The fraction of sp³-hybridized carbons (Fsp3) is 0.407. The lowest BCUT2D eigenvalue weighted by Gasteiger charge is -2.43. The third-order valence-corrected chi connectivity index (χ3v) is 16.2. The maximum absolute atomic E-state index is 14.6. The van der Waals surface area contributed by atoms with Gasteiger partial charge in [-0.2, -0.15) is 10.2 Å². The van der Waals surface area contributed by atoms with Crippen molar-refractivity contribution in [3.05, 3.63) is 150 Å². The number of hydrogen-bond acceptors (Lipinski definition) is 16. The maximum atomic E-state index is 14.6. The molecule has 2 aliphatic rings. The van der Waals surface area contributed by atoms with E-state index < -0.39 is 107 Å². The number of aliphatic hydroxyl groups excluding tert-OH is 4. The van der Waals surface area contributed by atoms with E-state index in [0.717, 1.165) is 37.1 Å². The molecule has 84 heavy (non-hydrogen) atoms. The zero-order valence-electron chi connectivity index (χ0n) is 44.3. The van der Waals surface area contributed by atoms with Gasteiger partial charge in [-0.15, -0.1) is 10.2 Å². The van der Waals surface area contributed by atoms with Gasteiger partial charge in [-0.1, -0.05) is 106 Å². The Bertz CT molecular complexity index is 3360. The van der Waals surface area contributed by atoms with Crippen molar-refractivity contribution in [2.24, 2.45) is 0 Å². The summed E-state index contributed by atoms with van der Waals surface area (Å²) in [6, 6.07) is 11.3. The molecule has 0 saturated carbocycles. The fourth-order valence-electron chi connectivity index (χ4n) is 10.3. The maximum Gasteiger partial charge on any atom is 0.164 e. The van der Waals surface area contributed by atoms with Gasteiger partial charge in [0.05, 0.1) is 47.0 Å². The van der Waals surface area contributed by atoms with Crippen LogP contribution in [-0.4, -0.2) is 143 Å². The summed E-state index contributed by atoms with van der Waals surface area (Å²) >= 11 is 37.7. The molecular formula is C54H52Cl6F4N12O8. The molecule has 10 atom stereocenters. The van der Waals surface area contributed by atoms with Crippen molar-refractivity contribution in [2.45, 2.75) is 113 Å². The third-order valence-electron chi connectivity index (χ3n) is 14.3. The van der Waals surface area contributed by atoms with Crippen LogP contribution in [0.1, 0.15) is 86.1 Å². The molecule has 2 aliphatic heterocycles. The van der Waals surface area contributed by atoms with E-state index in [2.05, 4.69) is 30.8 Å². The molecule has 30 heteroatoms. The molecular weight excluding hydrogens is 1230 g/mol. The average Bonchev–Trinajstić information content (AvgIpc) is 4.54. The van der Waals surface area contributed by atoms with Gasteiger partial charge in [-0.3, -0.25) is 0 Å². The molecule has 4 aromatic heterocycles. The lowest BCUT2D eigenvalue weighted by atomic mass is 9.91. The van der Waals surface area contributed by atoms with Crippen molar-refractivity contribution < 1.29 is 56.9 Å². The zero-order chi connectivity index (χ0) is 59.7. The van der Waals surface area contributed by atoms with Gasteiger partial charge in [0.25, 0.3) is 0 Å². The Balaban J connectivity index is 0.850. The number of rotatable bonds is 21. The van der Waals surface area contributed by atoms with E-state index in [1.807, 2.05) is 0 Å². The second-order valence-electron chi connectivity index (χ2n) is 20.0. The molecule has 2 fully saturated rings. The molecule has 446 valence electrons. The van der Waals surface area contributed by atoms with Crippen LogP contribution in [0.4, 0.5) is 17.6 Å². The van der Waals surface area contributed by atoms with Crippen molar-refractivity contribution in [3.8, 4) is 33.9 Å². The summed E-state index contributed by atoms with van der Waals surface area (Å²) in [4.78, 5) is 9.40. The number of halogens is 10. The third kappa shape index (κ3) is 13.0. The molecule has 0 spiro atoms. The first-order valence-corrected chi connectivity index (χ1v) is 28.6. The predicted molar refractivity (Wildman–Crippen MR) is 300 cm³/mol. The summed E-state index contributed by atoms with van der Waals surface area (Å²) < 4.78 is 90.2. The summed E-state index contributed by atoms with van der Waals surface area (Å²) in [7, 11) is 0. The van der Waals surface area contributed by atoms with Crippen molar-refractivity contribution >= 4 is 69.6 Å². The van der Waals surface area contributed by atoms with Crippen LogP contribution in [0.5, 0.6) is 0 Å². The number of aryl methyl sites for hydroxylation is 2. The number of aliphatic hydroxyl groups is 4. The van der Waals surface area contributed by atoms with Gasteiger partial charge >= 0.3 is 0 Å². The van der Waals surface area contributed by atoms with Gasteiger partial charge in [0.15, 0.2) is 11.6 Å². The standard InChI is InChI=1S/C54H52Cl6F4N12O8/c1-25-65-53(75(69-25)39-19-29(55)9-11-31(39)57)51-49(45(47(79)41(23-77)83-51)73-21-37(67-71-73)27-15-33(61)43(59)34(62)16-27)81-13-7-5-3-4-6-8-14-82-50-46(74-22-38(68-72-74)28-17-35(63)44(60)36(64)18-28)48(80)42(24-78)84-52(50)54-66-26(2)70-76(54)40-20-30(56)10-12-32(40)58/h9-12,15-22,41-42,45-52,77-80H,3-8,13-14,23-24H2,1-2H3/t41-,42+,45+,46-,47+,48-,49-,50+,51-,52+. The largest absolute Gasteiger partial charge is 0.394 e. The van der Waals surface area contributed by atoms with E-state index in [-0.39, 0.29) is 57.4 Å². The first-order valence-electron chi connectivity index (χ1n) is 26.4. The molecule has 8 aromatic rings. The van der Waals surface area contributed by atoms with Crippen LogP contribution in [0.3, 0.4) is 0 Å². The Hall–Kier alpha value is -5.42. The summed E-state index contributed by atoms with van der Waals surface area (Å²) in [6.45, 7) is 2.28. The molecule has 0 unspecified atom stereocenters. The van der Waals surface area contributed by atoms with Crippen LogP contribution in [0, 0.1) is 37.1 Å². The van der Waals surface area contributed by atoms with Gasteiger partial charge in [0, 0.05) is 34.4 Å². The Labute approximate surface area is 506 Å². The number of aromatic nitrogens is 12. The van der Waals surface area contributed by atoms with Gasteiger partial charge in [-0.25, -0.2) is 46.3 Å². The Morgan fingerprint density at radius 1 is 0.536 bits per heavy atom. The van der Waals surface area contributed by atoms with E-state index in [4.69, 9.17) is 98.5 Å². The molecule has 20 nitrogen and oxygen atoms in total. The van der Waals surface area contributed by atoms with Gasteiger partial charge in [-0.05, 0) is 87.4 Å². The molecule has 2 saturated heterocycles. The molecule has 10 rings (SSSR count). The highest BCUT2D eigenvalue weighted by molar-refractivity contribution is 6.35. The van der Waals surface area contributed by atoms with E-state index in [1.54, 1.807) is 50.2 Å². The molecule has 4 aromatic carbocycles. The minimum absolute atomic E-state index is 0.0190. The summed E-state index contributed by atoms with van der Waals surface area (Å²) in [5, 5.41) is 70.9. The highest BCUT2D eigenvalue weighted by Crippen LogP contribution is 2.44. The molecule has 0 amide bonds. The van der Waals surface area contributed by atoms with Crippen molar-refractivity contribution in [2.75, 3.05) is 26.4 Å². The monoisotopic (exact) mass is 1280 g/mol. The first-order chi connectivity index (χ1) is 40.3. The fourth-order valence-corrected chi connectivity index (χ4v) is 11.3. The minimum atomic E-state index is -1.46. The Morgan fingerprint density at radius 2 is 0.905 bits per heavy atom. The van der Waals surface area contributed by atoms with E-state index in [1.165, 1.54) is 31.1 Å². The lowest BCUT2D eigenvalue weighted by Crippen LogP contribution is -2.54. The molecule has 0 radical (unpaired) electrons. The SMILES string of the molecule is Cc1nc([C@H]2O[C@@H](CO)[C@@H](O)[C@@H](n3cc(-c4cc(F)c(Cl)c(F)c4)nn3)[C@@H]2OCCCCCCCCO[C@@H]2[C@@H](n3cc(-c4cc(F)c(Cl)c(F)c4)nn3)[C@@H](O)[C@@H](CO)O[C@H]2c2nc(C)nn2-c2cc(Cl)ccc2Cl)n(-c2cc(Cl)ccc2Cl)n1. The van der Waals surface area contributed by atoms with Crippen LogP contribution in [-0.2, 0) is 18.9 Å². The van der Waals surface area contributed by atoms with Crippen LogP contribution in [0.15, 0.2) is 73.1 Å². The van der Waals surface area contributed by atoms with Crippen LogP contribution in [0.2, 0.25) is 30.1 Å². The smallest absolute Gasteiger partial charge is 0.164 e. The van der Waals surface area contributed by atoms with E-state index in [0.29, 0.717) is 58.8 Å². The Kier molecular flexibility index (Phi) is 19.6. The van der Waals surface area contributed by atoms with Gasteiger partial charge in [0.2, 0.25) is 0 Å². The predicted octanol–water partition coefficient (Wildman–Crippen LogP) is 10.3. The van der Waals surface area contributed by atoms with E-state index >= 15 is 0 Å². The average molecular weight is 1290 g/mol. The zero-order valence-corrected chi connectivity index (χ0v) is 48.9. The molecule has 0 bridgehead atoms. The minimum Gasteiger partial charge on any atom is -0.394 e. The van der Waals surface area contributed by atoms with Gasteiger partial charge in [0.1, 0.15) is 117 Å². The first kappa shape index (κ1) is 61.7. The lowest BCUT2D eigenvalue weighted by molar-refractivity contribution is -0.224. The molecule has 4 N–H and O–H groups in total. The number of hydrogen-bond donors (Lipinski definition) is 4. The van der Waals surface area contributed by atoms with Crippen molar-refractivity contribution in [1.82, 2.24) is 59.5 Å². The number of nitrogens with zero attached hydrogens (tertiary/aromatic N) is 12. The quantitative estimate of drug-likeness (QED) is 0.0297. The van der Waals surface area contributed by atoms with Crippen molar-refractivity contribution in [3.63, 3.8) is 0 Å². The van der Waals surface area contributed by atoms with Crippen LogP contribution in [0.25, 0.3) is 33.9 Å². The molecule has 6 heterocycles. The van der Waals surface area contributed by atoms with Gasteiger partial charge < -0.3 is 39.4 Å². The number of benzene rings is 4. The Morgan fingerprint density at radius 3 is 1.27 bits per heavy atom. The summed E-state index contributed by atoms with van der Waals surface area (Å²) in [5.41, 5.74) is 0.852. The van der Waals surface area contributed by atoms with Crippen LogP contribution < -0.4 is 0 Å². The highest BCUT2D eigenvalue weighted by atomic mass is 35.5. The highest BCUT2D eigenvalue weighted by Gasteiger charge is 2.52. The summed E-state index contributed by atoms with van der Waals surface area (Å²) in [6.07, 6.45) is -3.26. The number of ether oxygens (including phenoxy) is 4. The topological polar surface area (TPSA) is 241 Å². The van der Waals surface area contributed by atoms with Crippen molar-refractivity contribution in [1.29, 1.82) is 0 Å². The second kappa shape index (κ2) is 26.7. The second-order valence-corrected chi connectivity index (χ2v) is 22.5.